The number of rotatable bonds is 3. The maximum Gasteiger partial charge on any atom is 0.248 e. The lowest BCUT2D eigenvalue weighted by Gasteiger charge is -2.05. The zero-order valence-electron chi connectivity index (χ0n) is 13.5. The van der Waals surface area contributed by atoms with Gasteiger partial charge in [0.15, 0.2) is 0 Å². The summed E-state index contributed by atoms with van der Waals surface area (Å²) >= 11 is 5.87. The van der Waals surface area contributed by atoms with Crippen LogP contribution in [0.1, 0.15) is 5.69 Å². The van der Waals surface area contributed by atoms with Crippen LogP contribution < -0.4 is 5.32 Å². The second-order valence-electron chi connectivity index (χ2n) is 5.81. The van der Waals surface area contributed by atoms with Gasteiger partial charge in [0.2, 0.25) is 5.91 Å². The van der Waals surface area contributed by atoms with Crippen LogP contribution in [0.4, 0.5) is 5.69 Å². The molecule has 0 unspecified atom stereocenters. The Morgan fingerprint density at radius 1 is 1.12 bits per heavy atom. The Morgan fingerprint density at radius 2 is 1.96 bits per heavy atom. The number of amides is 1. The molecule has 0 aliphatic carbocycles. The Labute approximate surface area is 153 Å². The maximum atomic E-state index is 12.1. The summed E-state index contributed by atoms with van der Waals surface area (Å²) in [4.78, 5) is 19.7. The smallest absolute Gasteiger partial charge is 0.248 e. The highest BCUT2D eigenvalue weighted by Crippen LogP contribution is 2.27. The van der Waals surface area contributed by atoms with Crippen LogP contribution in [0, 0.1) is 0 Å². The molecule has 5 nitrogen and oxygen atoms in total. The van der Waals surface area contributed by atoms with Gasteiger partial charge in [-0.15, -0.1) is 0 Å². The molecule has 4 aromatic rings. The number of phenols is 1. The van der Waals surface area contributed by atoms with Crippen molar-refractivity contribution in [1.82, 2.24) is 9.97 Å². The van der Waals surface area contributed by atoms with Gasteiger partial charge in [-0.05, 0) is 36.4 Å². The summed E-state index contributed by atoms with van der Waals surface area (Å²) in [5, 5.41) is 14.9. The van der Waals surface area contributed by atoms with Gasteiger partial charge in [-0.3, -0.25) is 9.78 Å². The number of pyridine rings is 1. The lowest BCUT2D eigenvalue weighted by molar-refractivity contribution is -0.111. The zero-order valence-corrected chi connectivity index (χ0v) is 14.3. The Balaban J connectivity index is 1.59. The third kappa shape index (κ3) is 3.12. The zero-order chi connectivity index (χ0) is 18.1. The molecule has 0 bridgehead atoms. The first kappa shape index (κ1) is 16.2. The number of benzene rings is 2. The Bertz CT molecular complexity index is 1160. The molecule has 26 heavy (non-hydrogen) atoms. The number of fused-ring (bicyclic) bond motifs is 3. The molecule has 0 saturated heterocycles. The van der Waals surface area contributed by atoms with Crippen molar-refractivity contribution >= 4 is 51.1 Å². The van der Waals surface area contributed by atoms with Crippen LogP contribution >= 0.6 is 11.6 Å². The molecule has 4 rings (SSSR count). The monoisotopic (exact) mass is 363 g/mol. The molecule has 0 saturated carbocycles. The summed E-state index contributed by atoms with van der Waals surface area (Å²) in [7, 11) is 0. The summed E-state index contributed by atoms with van der Waals surface area (Å²) < 4.78 is 0. The molecular formula is C20H14ClN3O2. The van der Waals surface area contributed by atoms with E-state index in [2.05, 4.69) is 15.3 Å². The number of nitrogens with zero attached hydrogens (tertiary/aromatic N) is 1. The first-order chi connectivity index (χ1) is 12.6. The van der Waals surface area contributed by atoms with Crippen molar-refractivity contribution in [2.45, 2.75) is 0 Å². The lowest BCUT2D eigenvalue weighted by Crippen LogP contribution is -2.07. The molecule has 2 aromatic carbocycles. The molecule has 3 N–H and O–H groups in total. The predicted octanol–water partition coefficient (Wildman–Crippen LogP) is 4.73. The number of carbonyl (C=O) groups excluding carboxylic acids is 1. The fourth-order valence-corrected chi connectivity index (χ4v) is 2.97. The topological polar surface area (TPSA) is 78.0 Å². The largest absolute Gasteiger partial charge is 0.506 e. The molecule has 1 amide bonds. The third-order valence-corrected chi connectivity index (χ3v) is 4.27. The number of para-hydroxylation sites is 1. The van der Waals surface area contributed by atoms with Gasteiger partial charge in [-0.25, -0.2) is 0 Å². The number of phenolic OH excluding ortho intramolecular Hbond substituents is 1. The predicted molar refractivity (Wildman–Crippen MR) is 104 cm³/mol. The number of anilines is 1. The van der Waals surface area contributed by atoms with Crippen LogP contribution in [0.5, 0.6) is 5.75 Å². The van der Waals surface area contributed by atoms with Crippen molar-refractivity contribution in [2.75, 3.05) is 5.32 Å². The molecule has 2 aromatic heterocycles. The maximum absolute atomic E-state index is 12.1. The van der Waals surface area contributed by atoms with Gasteiger partial charge >= 0.3 is 0 Å². The van der Waals surface area contributed by atoms with E-state index in [9.17, 15) is 9.90 Å². The van der Waals surface area contributed by atoms with E-state index in [1.54, 1.807) is 18.3 Å². The number of H-pyrrole nitrogens is 1. The molecule has 0 aliphatic heterocycles. The minimum Gasteiger partial charge on any atom is -0.506 e. The van der Waals surface area contributed by atoms with Gasteiger partial charge in [0.1, 0.15) is 5.75 Å². The quantitative estimate of drug-likeness (QED) is 0.364. The summed E-state index contributed by atoms with van der Waals surface area (Å²) in [5.41, 5.74) is 2.90. The van der Waals surface area contributed by atoms with Crippen molar-refractivity contribution in [3.8, 4) is 5.75 Å². The average Bonchev–Trinajstić information content (AvgIpc) is 3.01. The third-order valence-electron chi connectivity index (χ3n) is 4.03. The van der Waals surface area contributed by atoms with Crippen molar-refractivity contribution in [3.63, 3.8) is 0 Å². The van der Waals surface area contributed by atoms with Crippen LogP contribution in [-0.4, -0.2) is 21.0 Å². The second kappa shape index (κ2) is 6.54. The van der Waals surface area contributed by atoms with Crippen molar-refractivity contribution < 1.29 is 9.90 Å². The summed E-state index contributed by atoms with van der Waals surface area (Å²) in [6.07, 6.45) is 4.73. The van der Waals surface area contributed by atoms with E-state index in [1.165, 1.54) is 18.2 Å². The van der Waals surface area contributed by atoms with Crippen LogP contribution in [-0.2, 0) is 4.79 Å². The number of carbonyl (C=O) groups is 1. The molecular weight excluding hydrogens is 350 g/mol. The highest BCUT2D eigenvalue weighted by molar-refractivity contribution is 6.31. The number of aromatic hydroxyl groups is 1. The minimum atomic E-state index is -0.386. The molecule has 0 radical (unpaired) electrons. The normalized spacial score (nSPS) is 11.4. The van der Waals surface area contributed by atoms with Gasteiger partial charge in [-0.2, -0.15) is 0 Å². The molecule has 0 aliphatic rings. The SMILES string of the molecule is O=C(/C=C/c1cc2c(cn1)[nH]c1ccccc12)Nc1cc(Cl)ccc1O. The van der Waals surface area contributed by atoms with E-state index in [0.717, 1.165) is 21.8 Å². The molecule has 0 fully saturated rings. The van der Waals surface area contributed by atoms with Crippen LogP contribution in [0.2, 0.25) is 5.02 Å². The van der Waals surface area contributed by atoms with Gasteiger partial charge in [-0.1, -0.05) is 29.8 Å². The molecule has 6 heteroatoms. The van der Waals surface area contributed by atoms with Crippen LogP contribution in [0.3, 0.4) is 0 Å². The highest BCUT2D eigenvalue weighted by Gasteiger charge is 2.06. The standard InChI is InChI=1S/C20H14ClN3O2/c21-12-5-7-19(25)17(9-12)24-20(26)8-6-13-10-15-14-3-1-2-4-16(14)23-18(15)11-22-13/h1-11,23,25H,(H,24,26)/b8-6+. The van der Waals surface area contributed by atoms with E-state index >= 15 is 0 Å². The number of halogens is 1. The van der Waals surface area contributed by atoms with Gasteiger partial charge < -0.3 is 15.4 Å². The van der Waals surface area contributed by atoms with Crippen molar-refractivity contribution in [1.29, 1.82) is 0 Å². The lowest BCUT2D eigenvalue weighted by atomic mass is 10.1. The van der Waals surface area contributed by atoms with Crippen LogP contribution in [0.25, 0.3) is 27.9 Å². The summed E-state index contributed by atoms with van der Waals surface area (Å²) in [6.45, 7) is 0. The molecule has 128 valence electrons. The highest BCUT2D eigenvalue weighted by atomic mass is 35.5. The second-order valence-corrected chi connectivity index (χ2v) is 6.25. The number of aromatic nitrogens is 2. The van der Waals surface area contributed by atoms with E-state index in [0.29, 0.717) is 10.7 Å². The van der Waals surface area contributed by atoms with Crippen LogP contribution in [0.15, 0.2) is 60.8 Å². The molecule has 0 spiro atoms. The first-order valence-corrected chi connectivity index (χ1v) is 8.32. The van der Waals surface area contributed by atoms with Gasteiger partial charge in [0, 0.05) is 27.4 Å². The van der Waals surface area contributed by atoms with Gasteiger partial charge in [0.25, 0.3) is 0 Å². The summed E-state index contributed by atoms with van der Waals surface area (Å²) in [6, 6.07) is 14.4. The van der Waals surface area contributed by atoms with Gasteiger partial charge in [0.05, 0.1) is 23.1 Å². The Kier molecular flexibility index (Phi) is 4.07. The molecule has 0 atom stereocenters. The number of hydrogen-bond donors (Lipinski definition) is 3. The van der Waals surface area contributed by atoms with E-state index in [-0.39, 0.29) is 17.3 Å². The Morgan fingerprint density at radius 3 is 2.85 bits per heavy atom. The van der Waals surface area contributed by atoms with Crippen molar-refractivity contribution in [2.24, 2.45) is 0 Å². The summed E-state index contributed by atoms with van der Waals surface area (Å²) in [5.74, 6) is -0.433. The fourth-order valence-electron chi connectivity index (χ4n) is 2.80. The van der Waals surface area contributed by atoms with E-state index in [4.69, 9.17) is 11.6 Å². The average molecular weight is 364 g/mol. The molecule has 2 heterocycles. The minimum absolute atomic E-state index is 0.0468. The van der Waals surface area contributed by atoms with E-state index in [1.807, 2.05) is 30.3 Å². The number of hydrogen-bond acceptors (Lipinski definition) is 3. The first-order valence-electron chi connectivity index (χ1n) is 7.94. The Hall–Kier alpha value is -3.31. The fraction of sp³-hybridized carbons (Fsp3) is 0. The van der Waals surface area contributed by atoms with E-state index < -0.39 is 0 Å². The number of nitrogens with one attached hydrogen (secondary N) is 2. The van der Waals surface area contributed by atoms with Crippen molar-refractivity contribution in [3.05, 3.63) is 71.5 Å². The number of aromatic amines is 1.